The first-order chi connectivity index (χ1) is 7.19. The fourth-order valence-corrected chi connectivity index (χ4v) is 1.20. The molecule has 3 N–H and O–H groups in total. The van der Waals surface area contributed by atoms with Gasteiger partial charge >= 0.3 is 0 Å². The summed E-state index contributed by atoms with van der Waals surface area (Å²) in [6.45, 7) is -0.303. The van der Waals surface area contributed by atoms with E-state index in [-0.39, 0.29) is 18.7 Å². The summed E-state index contributed by atoms with van der Waals surface area (Å²) >= 11 is 0. The van der Waals surface area contributed by atoms with Crippen LogP contribution in [0, 0.1) is 10.1 Å². The molecule has 15 heavy (non-hydrogen) atoms. The van der Waals surface area contributed by atoms with E-state index < -0.39 is 4.92 Å². The molecule has 0 aliphatic heterocycles. The molecule has 6 heteroatoms. The Hall–Kier alpha value is -1.95. The molecule has 1 aromatic rings. The highest BCUT2D eigenvalue weighted by molar-refractivity contribution is 5.88. The number of hydrogen-bond donors (Lipinski definition) is 2. The van der Waals surface area contributed by atoms with Crippen molar-refractivity contribution < 1.29 is 10.0 Å². The number of nitrogens with zero attached hydrogens (tertiary/aromatic N) is 2. The van der Waals surface area contributed by atoms with Crippen LogP contribution in [-0.2, 0) is 6.42 Å². The lowest BCUT2D eigenvalue weighted by atomic mass is 10.1. The number of nitrogens with two attached hydrogens (primary N) is 1. The van der Waals surface area contributed by atoms with Gasteiger partial charge in [0.1, 0.15) is 0 Å². The maximum atomic E-state index is 10.7. The summed E-state index contributed by atoms with van der Waals surface area (Å²) in [5.74, 6) is 5.02. The minimum absolute atomic E-state index is 0.00657. The second kappa shape index (κ2) is 5.06. The zero-order valence-electron chi connectivity index (χ0n) is 7.96. The van der Waals surface area contributed by atoms with Gasteiger partial charge in [-0.3, -0.25) is 10.1 Å². The second-order valence-corrected chi connectivity index (χ2v) is 2.92. The molecule has 0 saturated carbocycles. The van der Waals surface area contributed by atoms with Crippen LogP contribution in [0.5, 0.6) is 0 Å². The highest BCUT2D eigenvalue weighted by Crippen LogP contribution is 2.18. The van der Waals surface area contributed by atoms with E-state index >= 15 is 0 Å². The molecule has 0 radical (unpaired) electrons. The van der Waals surface area contributed by atoms with Crippen molar-refractivity contribution in [3.05, 3.63) is 39.9 Å². The van der Waals surface area contributed by atoms with Crippen LogP contribution in [0.3, 0.4) is 0 Å². The van der Waals surface area contributed by atoms with Crippen molar-refractivity contribution in [2.24, 2.45) is 10.9 Å². The van der Waals surface area contributed by atoms with E-state index in [2.05, 4.69) is 5.10 Å². The number of para-hydroxylation sites is 1. The lowest BCUT2D eigenvalue weighted by Crippen LogP contribution is -2.12. The number of nitro groups is 1. The van der Waals surface area contributed by atoms with Gasteiger partial charge in [-0.15, -0.1) is 0 Å². The maximum Gasteiger partial charge on any atom is 0.272 e. The van der Waals surface area contributed by atoms with Crippen molar-refractivity contribution in [1.29, 1.82) is 0 Å². The van der Waals surface area contributed by atoms with Crippen LogP contribution in [0.25, 0.3) is 0 Å². The molecule has 80 valence electrons. The molecule has 0 heterocycles. The predicted molar refractivity (Wildman–Crippen MR) is 55.5 cm³/mol. The third kappa shape index (κ3) is 2.75. The van der Waals surface area contributed by atoms with Crippen molar-refractivity contribution in [2.75, 3.05) is 6.61 Å². The highest BCUT2D eigenvalue weighted by Gasteiger charge is 2.13. The second-order valence-electron chi connectivity index (χ2n) is 2.92. The SMILES string of the molecule is NN=C(CO)Cc1ccccc1[N+](=O)[O-]. The highest BCUT2D eigenvalue weighted by atomic mass is 16.6. The minimum atomic E-state index is -0.471. The van der Waals surface area contributed by atoms with Crippen LogP contribution in [0.15, 0.2) is 29.4 Å². The van der Waals surface area contributed by atoms with E-state index in [4.69, 9.17) is 10.9 Å². The smallest absolute Gasteiger partial charge is 0.272 e. The fraction of sp³-hybridized carbons (Fsp3) is 0.222. The third-order valence-electron chi connectivity index (χ3n) is 1.95. The van der Waals surface area contributed by atoms with Crippen LogP contribution in [0.2, 0.25) is 0 Å². The molecule has 0 amide bonds. The number of hydrazone groups is 1. The molecule has 0 aliphatic rings. The van der Waals surface area contributed by atoms with Crippen LogP contribution in [0.4, 0.5) is 5.69 Å². The zero-order chi connectivity index (χ0) is 11.3. The van der Waals surface area contributed by atoms with Crippen molar-refractivity contribution in [1.82, 2.24) is 0 Å². The van der Waals surface area contributed by atoms with Gasteiger partial charge in [-0.2, -0.15) is 5.10 Å². The molecule has 0 fully saturated rings. The Labute approximate surface area is 86.2 Å². The molecule has 6 nitrogen and oxygen atoms in total. The maximum absolute atomic E-state index is 10.7. The van der Waals surface area contributed by atoms with Gasteiger partial charge in [0, 0.05) is 18.1 Å². The molecule has 0 aliphatic carbocycles. The summed E-state index contributed by atoms with van der Waals surface area (Å²) in [5.41, 5.74) is 0.803. The van der Waals surface area contributed by atoms with Gasteiger partial charge in [0.05, 0.1) is 17.2 Å². The van der Waals surface area contributed by atoms with E-state index in [0.717, 1.165) is 0 Å². The van der Waals surface area contributed by atoms with Crippen molar-refractivity contribution >= 4 is 11.4 Å². The van der Waals surface area contributed by atoms with E-state index in [1.165, 1.54) is 6.07 Å². The molecule has 0 aromatic heterocycles. The Balaban J connectivity index is 2.99. The topological polar surface area (TPSA) is 102 Å². The van der Waals surface area contributed by atoms with E-state index in [1.807, 2.05) is 0 Å². The molecule has 0 bridgehead atoms. The molecule has 0 atom stereocenters. The Morgan fingerprint density at radius 1 is 1.53 bits per heavy atom. The van der Waals surface area contributed by atoms with Gasteiger partial charge < -0.3 is 10.9 Å². The van der Waals surface area contributed by atoms with Gasteiger partial charge in [-0.1, -0.05) is 18.2 Å². The summed E-state index contributed by atoms with van der Waals surface area (Å²) < 4.78 is 0. The molecule has 0 unspecified atom stereocenters. The van der Waals surface area contributed by atoms with Gasteiger partial charge in [-0.05, 0) is 0 Å². The third-order valence-corrected chi connectivity index (χ3v) is 1.95. The Morgan fingerprint density at radius 2 is 2.20 bits per heavy atom. The first-order valence-electron chi connectivity index (χ1n) is 4.27. The van der Waals surface area contributed by atoms with Crippen molar-refractivity contribution in [3.8, 4) is 0 Å². The number of rotatable bonds is 4. The molecule has 1 aromatic carbocycles. The van der Waals surface area contributed by atoms with E-state index in [9.17, 15) is 10.1 Å². The van der Waals surface area contributed by atoms with Crippen LogP contribution in [-0.4, -0.2) is 22.3 Å². The van der Waals surface area contributed by atoms with Crippen LogP contribution >= 0.6 is 0 Å². The van der Waals surface area contributed by atoms with Crippen LogP contribution < -0.4 is 5.84 Å². The number of benzene rings is 1. The van der Waals surface area contributed by atoms with E-state index in [0.29, 0.717) is 11.3 Å². The quantitative estimate of drug-likeness (QED) is 0.325. The van der Waals surface area contributed by atoms with Gasteiger partial charge in [0.25, 0.3) is 5.69 Å². The number of aliphatic hydroxyl groups excluding tert-OH is 1. The summed E-state index contributed by atoms with van der Waals surface area (Å²) in [4.78, 5) is 10.2. The van der Waals surface area contributed by atoms with E-state index in [1.54, 1.807) is 18.2 Å². The zero-order valence-corrected chi connectivity index (χ0v) is 7.96. The molecule has 1 rings (SSSR count). The van der Waals surface area contributed by atoms with Crippen LogP contribution in [0.1, 0.15) is 5.56 Å². The molecular formula is C9H11N3O3. The molecular weight excluding hydrogens is 198 g/mol. The Morgan fingerprint density at radius 3 is 2.73 bits per heavy atom. The monoisotopic (exact) mass is 209 g/mol. The predicted octanol–water partition coefficient (Wildman–Crippen LogP) is 0.444. The number of nitro benzene ring substituents is 1. The van der Waals surface area contributed by atoms with Crippen molar-refractivity contribution in [3.63, 3.8) is 0 Å². The largest absolute Gasteiger partial charge is 0.390 e. The summed E-state index contributed by atoms with van der Waals surface area (Å²) in [6, 6.07) is 6.29. The Kier molecular flexibility index (Phi) is 3.75. The lowest BCUT2D eigenvalue weighted by molar-refractivity contribution is -0.385. The summed E-state index contributed by atoms with van der Waals surface area (Å²) in [7, 11) is 0. The van der Waals surface area contributed by atoms with Gasteiger partial charge in [-0.25, -0.2) is 0 Å². The molecule has 0 saturated heterocycles. The first kappa shape index (κ1) is 11.1. The summed E-state index contributed by atoms with van der Waals surface area (Å²) in [5, 5.41) is 22.8. The fourth-order valence-electron chi connectivity index (χ4n) is 1.20. The standard InChI is InChI=1S/C9H11N3O3/c10-11-8(6-13)5-7-3-1-2-4-9(7)12(14)15/h1-4,13H,5-6,10H2. The Bertz CT molecular complexity index is 390. The first-order valence-corrected chi connectivity index (χ1v) is 4.27. The van der Waals surface area contributed by atoms with Gasteiger partial charge in [0.2, 0.25) is 0 Å². The molecule has 0 spiro atoms. The summed E-state index contributed by atoms with van der Waals surface area (Å²) in [6.07, 6.45) is 0.185. The number of hydrogen-bond acceptors (Lipinski definition) is 5. The number of aliphatic hydroxyl groups is 1. The average Bonchev–Trinajstić information content (AvgIpc) is 2.26. The van der Waals surface area contributed by atoms with Crippen molar-refractivity contribution in [2.45, 2.75) is 6.42 Å². The normalized spacial score (nSPS) is 11.4. The lowest BCUT2D eigenvalue weighted by Gasteiger charge is -2.02. The van der Waals surface area contributed by atoms with Gasteiger partial charge in [0.15, 0.2) is 0 Å². The average molecular weight is 209 g/mol. The minimum Gasteiger partial charge on any atom is -0.390 e.